The van der Waals surface area contributed by atoms with Gasteiger partial charge in [0.15, 0.2) is 9.84 Å². The highest BCUT2D eigenvalue weighted by Crippen LogP contribution is 2.22. The molecule has 1 unspecified atom stereocenters. The molecule has 20 heavy (non-hydrogen) atoms. The van der Waals surface area contributed by atoms with Crippen molar-refractivity contribution < 1.29 is 17.9 Å². The number of hydrogen-bond donors (Lipinski definition) is 0. The summed E-state index contributed by atoms with van der Waals surface area (Å²) >= 11 is 6.65. The fraction of sp³-hybridized carbons (Fsp3) is 0.700. The number of sulfone groups is 1. The number of hydrogen-bond acceptors (Lipinski definition) is 7. The molecule has 10 heteroatoms. The largest absolute Gasteiger partial charge is 0.383 e. The van der Waals surface area contributed by atoms with Crippen molar-refractivity contribution >= 4 is 38.7 Å². The first kappa shape index (κ1) is 15.6. The van der Waals surface area contributed by atoms with Crippen molar-refractivity contribution in [3.63, 3.8) is 0 Å². The molecule has 1 aliphatic rings. The molecule has 2 heterocycles. The molecule has 0 spiro atoms. The lowest BCUT2D eigenvalue weighted by Crippen LogP contribution is -2.43. The third kappa shape index (κ3) is 3.66. The van der Waals surface area contributed by atoms with E-state index >= 15 is 0 Å². The molecule has 0 bridgehead atoms. The second-order valence-electron chi connectivity index (χ2n) is 4.41. The first-order valence-corrected chi connectivity index (χ1v) is 8.94. The maximum Gasteiger partial charge on any atom is 0.285 e. The van der Waals surface area contributed by atoms with Gasteiger partial charge in [0.1, 0.15) is 0 Å². The number of ether oxygens (including phenoxy) is 1. The summed E-state index contributed by atoms with van der Waals surface area (Å²) in [5.41, 5.74) is 0. The second-order valence-corrected chi connectivity index (χ2v) is 8.20. The molecule has 7 nitrogen and oxygen atoms in total. The fourth-order valence-electron chi connectivity index (χ4n) is 2.08. The monoisotopic (exact) mass is 339 g/mol. The van der Waals surface area contributed by atoms with Crippen LogP contribution in [0.5, 0.6) is 0 Å². The third-order valence-electron chi connectivity index (χ3n) is 3.03. The second kappa shape index (κ2) is 6.33. The average molecular weight is 340 g/mol. The van der Waals surface area contributed by atoms with E-state index in [4.69, 9.17) is 16.3 Å². The van der Waals surface area contributed by atoms with Crippen LogP contribution in [0.4, 0.5) is 0 Å². The molecular formula is C10H14ClN3O4S2. The number of rotatable bonds is 5. The topological polar surface area (TPSA) is 89.5 Å². The molecular weight excluding hydrogens is 326 g/mol. The molecule has 2 rings (SSSR count). The molecule has 1 aromatic rings. The van der Waals surface area contributed by atoms with Crippen molar-refractivity contribution in [3.8, 4) is 0 Å². The minimum absolute atomic E-state index is 0.0189. The summed E-state index contributed by atoms with van der Waals surface area (Å²) in [7, 11) is -1.55. The maximum atomic E-state index is 12.4. The Hall–Kier alpha value is -0.770. The quantitative estimate of drug-likeness (QED) is 0.774. The molecule has 0 radical (unpaired) electrons. The van der Waals surface area contributed by atoms with Gasteiger partial charge in [0.25, 0.3) is 5.91 Å². The lowest BCUT2D eigenvalue weighted by atomic mass is 10.2. The number of carbonyl (C=O) groups excluding carboxylic acids is 1. The lowest BCUT2D eigenvalue weighted by molar-refractivity contribution is 0.0623. The van der Waals surface area contributed by atoms with Crippen molar-refractivity contribution in [2.75, 3.05) is 31.8 Å². The van der Waals surface area contributed by atoms with Gasteiger partial charge in [-0.25, -0.2) is 8.42 Å². The third-order valence-corrected chi connectivity index (χ3v) is 5.79. The minimum atomic E-state index is -3.07. The van der Waals surface area contributed by atoms with Gasteiger partial charge in [0.05, 0.1) is 18.1 Å². The summed E-state index contributed by atoms with van der Waals surface area (Å²) in [4.78, 5) is 13.9. The van der Waals surface area contributed by atoms with Gasteiger partial charge < -0.3 is 9.64 Å². The van der Waals surface area contributed by atoms with Crippen LogP contribution in [0.3, 0.4) is 0 Å². The maximum absolute atomic E-state index is 12.4. The fourth-order valence-corrected chi connectivity index (χ4v) is 4.59. The standard InChI is InChI=1S/C10H14ClN3O4S2/c1-18-4-3-14(7-2-5-20(16,17)6-7)9(15)8-12-13-10(11)19-8/h7H,2-6H2,1H3. The van der Waals surface area contributed by atoms with E-state index in [1.807, 2.05) is 0 Å². The van der Waals surface area contributed by atoms with Crippen LogP contribution in [0.1, 0.15) is 16.2 Å². The summed E-state index contributed by atoms with van der Waals surface area (Å²) in [6, 6.07) is -0.342. The average Bonchev–Trinajstić information content (AvgIpc) is 2.96. The zero-order valence-electron chi connectivity index (χ0n) is 10.8. The number of halogens is 1. The first-order valence-electron chi connectivity index (χ1n) is 5.92. The summed E-state index contributed by atoms with van der Waals surface area (Å²) in [6.45, 7) is 0.640. The van der Waals surface area contributed by atoms with Gasteiger partial charge in [0, 0.05) is 19.7 Å². The Labute approximate surface area is 125 Å². The SMILES string of the molecule is COCCN(C(=O)c1nnc(Cl)s1)C1CCS(=O)(=O)C1. The Morgan fingerprint density at radius 3 is 2.80 bits per heavy atom. The van der Waals surface area contributed by atoms with Crippen LogP contribution in [0.15, 0.2) is 0 Å². The number of methoxy groups -OCH3 is 1. The molecule has 0 N–H and O–H groups in total. The van der Waals surface area contributed by atoms with Crippen LogP contribution >= 0.6 is 22.9 Å². The molecule has 1 aromatic heterocycles. The van der Waals surface area contributed by atoms with Gasteiger partial charge in [-0.1, -0.05) is 11.3 Å². The normalized spacial score (nSPS) is 21.0. The Morgan fingerprint density at radius 2 is 2.30 bits per heavy atom. The van der Waals surface area contributed by atoms with Crippen LogP contribution in [-0.4, -0.2) is 67.2 Å². The van der Waals surface area contributed by atoms with Gasteiger partial charge in [-0.15, -0.1) is 10.2 Å². The van der Waals surface area contributed by atoms with Crippen molar-refractivity contribution in [3.05, 3.63) is 9.47 Å². The molecule has 0 aromatic carbocycles. The molecule has 1 saturated heterocycles. The van der Waals surface area contributed by atoms with E-state index in [0.29, 0.717) is 19.6 Å². The molecule has 112 valence electrons. The Kier molecular flexibility index (Phi) is 4.95. The molecule has 1 aliphatic heterocycles. The zero-order valence-corrected chi connectivity index (χ0v) is 13.2. The molecule has 1 fully saturated rings. The van der Waals surface area contributed by atoms with Crippen LogP contribution in [0, 0.1) is 0 Å². The number of aromatic nitrogens is 2. The van der Waals surface area contributed by atoms with Gasteiger partial charge in [-0.3, -0.25) is 4.79 Å². The van der Waals surface area contributed by atoms with E-state index in [-0.39, 0.29) is 32.9 Å². The van der Waals surface area contributed by atoms with E-state index in [0.717, 1.165) is 11.3 Å². The smallest absolute Gasteiger partial charge is 0.285 e. The van der Waals surface area contributed by atoms with E-state index in [9.17, 15) is 13.2 Å². The highest BCUT2D eigenvalue weighted by atomic mass is 35.5. The van der Waals surface area contributed by atoms with Crippen molar-refractivity contribution in [1.82, 2.24) is 15.1 Å². The van der Waals surface area contributed by atoms with Crippen LogP contribution in [-0.2, 0) is 14.6 Å². The summed E-state index contributed by atoms with van der Waals surface area (Å²) < 4.78 is 28.3. The van der Waals surface area contributed by atoms with Crippen LogP contribution in [0.2, 0.25) is 4.47 Å². The Balaban J connectivity index is 2.17. The number of nitrogens with zero attached hydrogens (tertiary/aromatic N) is 3. The predicted octanol–water partition coefficient (Wildman–Crippen LogP) is 0.467. The predicted molar refractivity (Wildman–Crippen MR) is 74.9 cm³/mol. The Bertz CT molecular complexity index is 589. The van der Waals surface area contributed by atoms with Crippen molar-refractivity contribution in [1.29, 1.82) is 0 Å². The highest BCUT2D eigenvalue weighted by molar-refractivity contribution is 7.91. The van der Waals surface area contributed by atoms with Crippen LogP contribution < -0.4 is 0 Å². The number of amides is 1. The van der Waals surface area contributed by atoms with E-state index in [1.54, 1.807) is 0 Å². The summed E-state index contributed by atoms with van der Waals surface area (Å²) in [5, 5.41) is 7.46. The molecule has 0 aliphatic carbocycles. The lowest BCUT2D eigenvalue weighted by Gasteiger charge is -2.26. The van der Waals surface area contributed by atoms with Gasteiger partial charge in [-0.2, -0.15) is 0 Å². The van der Waals surface area contributed by atoms with Crippen molar-refractivity contribution in [2.45, 2.75) is 12.5 Å². The van der Waals surface area contributed by atoms with E-state index in [1.165, 1.54) is 12.0 Å². The molecule has 0 saturated carbocycles. The Morgan fingerprint density at radius 1 is 1.55 bits per heavy atom. The highest BCUT2D eigenvalue weighted by Gasteiger charge is 2.35. The van der Waals surface area contributed by atoms with Gasteiger partial charge in [-0.05, 0) is 18.0 Å². The van der Waals surface area contributed by atoms with Crippen molar-refractivity contribution in [2.24, 2.45) is 0 Å². The van der Waals surface area contributed by atoms with Gasteiger partial charge >= 0.3 is 0 Å². The molecule has 1 atom stereocenters. The van der Waals surface area contributed by atoms with E-state index < -0.39 is 9.84 Å². The van der Waals surface area contributed by atoms with Crippen LogP contribution in [0.25, 0.3) is 0 Å². The molecule has 1 amide bonds. The number of carbonyl (C=O) groups is 1. The van der Waals surface area contributed by atoms with Gasteiger partial charge in [0.2, 0.25) is 9.47 Å². The first-order chi connectivity index (χ1) is 9.43. The van der Waals surface area contributed by atoms with E-state index in [2.05, 4.69) is 10.2 Å². The minimum Gasteiger partial charge on any atom is -0.383 e. The zero-order chi connectivity index (χ0) is 14.8. The summed E-state index contributed by atoms with van der Waals surface area (Å²) in [6.07, 6.45) is 0.435. The summed E-state index contributed by atoms with van der Waals surface area (Å²) in [5.74, 6) is -0.270.